The highest BCUT2D eigenvalue weighted by atomic mass is 32.2. The number of benzene rings is 1. The maximum Gasteiger partial charge on any atom is 0.252 e. The van der Waals surface area contributed by atoms with Gasteiger partial charge in [-0.3, -0.25) is 9.78 Å². The average molecular weight is 340 g/mol. The van der Waals surface area contributed by atoms with E-state index in [1.54, 1.807) is 23.8 Å². The number of sulfone groups is 1. The van der Waals surface area contributed by atoms with Gasteiger partial charge in [0.1, 0.15) is 0 Å². The normalized spacial score (nSPS) is 11.5. The third-order valence-electron chi connectivity index (χ3n) is 3.13. The molecule has 1 N–H and O–H groups in total. The SMILES string of the molecule is COCCn1c(-c2ccc(S(C)(=O)=O)cc2)cc(=O)[nH]c1=S. The first-order valence-electron chi connectivity index (χ1n) is 6.46. The minimum Gasteiger partial charge on any atom is -0.383 e. The van der Waals surface area contributed by atoms with Crippen molar-refractivity contribution >= 4 is 22.1 Å². The molecule has 0 radical (unpaired) electrons. The summed E-state index contributed by atoms with van der Waals surface area (Å²) in [5.74, 6) is 0. The smallest absolute Gasteiger partial charge is 0.252 e. The van der Waals surface area contributed by atoms with E-state index in [1.807, 2.05) is 0 Å². The van der Waals surface area contributed by atoms with Crippen molar-refractivity contribution in [2.75, 3.05) is 20.0 Å². The number of nitrogens with zero attached hydrogens (tertiary/aromatic N) is 1. The predicted molar refractivity (Wildman–Crippen MR) is 86.3 cm³/mol. The highest BCUT2D eigenvalue weighted by Gasteiger charge is 2.10. The van der Waals surface area contributed by atoms with Gasteiger partial charge in [-0.15, -0.1) is 0 Å². The van der Waals surface area contributed by atoms with Crippen molar-refractivity contribution in [2.24, 2.45) is 0 Å². The first-order valence-corrected chi connectivity index (χ1v) is 8.76. The van der Waals surface area contributed by atoms with Crippen molar-refractivity contribution in [3.8, 4) is 11.3 Å². The monoisotopic (exact) mass is 340 g/mol. The van der Waals surface area contributed by atoms with Crippen LogP contribution in [0.5, 0.6) is 0 Å². The van der Waals surface area contributed by atoms with Gasteiger partial charge in [0.25, 0.3) is 5.56 Å². The van der Waals surface area contributed by atoms with Crippen LogP contribution in [0.1, 0.15) is 0 Å². The Hall–Kier alpha value is -1.77. The maximum absolute atomic E-state index is 11.7. The molecule has 1 aromatic heterocycles. The fourth-order valence-electron chi connectivity index (χ4n) is 2.04. The molecule has 0 spiro atoms. The summed E-state index contributed by atoms with van der Waals surface area (Å²) in [6.07, 6.45) is 1.15. The maximum atomic E-state index is 11.7. The summed E-state index contributed by atoms with van der Waals surface area (Å²) in [6, 6.07) is 7.76. The summed E-state index contributed by atoms with van der Waals surface area (Å²) in [6.45, 7) is 0.921. The van der Waals surface area contributed by atoms with Gasteiger partial charge in [-0.1, -0.05) is 12.1 Å². The van der Waals surface area contributed by atoms with E-state index in [9.17, 15) is 13.2 Å². The molecule has 0 amide bonds. The largest absolute Gasteiger partial charge is 0.383 e. The number of aromatic nitrogens is 2. The minimum atomic E-state index is -3.26. The van der Waals surface area contributed by atoms with E-state index < -0.39 is 9.84 Å². The summed E-state index contributed by atoms with van der Waals surface area (Å²) in [5.41, 5.74) is 1.02. The van der Waals surface area contributed by atoms with Crippen molar-refractivity contribution in [3.63, 3.8) is 0 Å². The Labute approximate surface area is 133 Å². The molecule has 0 aliphatic rings. The van der Waals surface area contributed by atoms with E-state index in [2.05, 4.69) is 4.98 Å². The highest BCUT2D eigenvalue weighted by Crippen LogP contribution is 2.20. The first-order chi connectivity index (χ1) is 10.3. The zero-order chi connectivity index (χ0) is 16.3. The zero-order valence-electron chi connectivity index (χ0n) is 12.2. The summed E-state index contributed by atoms with van der Waals surface area (Å²) in [5, 5.41) is 0. The zero-order valence-corrected chi connectivity index (χ0v) is 13.8. The molecule has 118 valence electrons. The van der Waals surface area contributed by atoms with Crippen molar-refractivity contribution in [3.05, 3.63) is 45.5 Å². The van der Waals surface area contributed by atoms with Gasteiger partial charge >= 0.3 is 0 Å². The van der Waals surface area contributed by atoms with Crippen molar-refractivity contribution in [1.29, 1.82) is 0 Å². The van der Waals surface area contributed by atoms with Crippen LogP contribution in [0, 0.1) is 4.77 Å². The number of hydrogen-bond donors (Lipinski definition) is 1. The van der Waals surface area contributed by atoms with Crippen LogP contribution < -0.4 is 5.56 Å². The van der Waals surface area contributed by atoms with Crippen LogP contribution in [0.2, 0.25) is 0 Å². The molecule has 0 aliphatic heterocycles. The van der Waals surface area contributed by atoms with E-state index >= 15 is 0 Å². The van der Waals surface area contributed by atoms with Crippen LogP contribution in [0.25, 0.3) is 11.3 Å². The van der Waals surface area contributed by atoms with Crippen molar-refractivity contribution in [2.45, 2.75) is 11.4 Å². The van der Waals surface area contributed by atoms with Crippen LogP contribution >= 0.6 is 12.2 Å². The van der Waals surface area contributed by atoms with Gasteiger partial charge in [0.15, 0.2) is 14.6 Å². The summed E-state index contributed by atoms with van der Waals surface area (Å²) < 4.78 is 30.1. The predicted octanol–water partition coefficient (Wildman–Crippen LogP) is 1.62. The quantitative estimate of drug-likeness (QED) is 0.837. The third-order valence-corrected chi connectivity index (χ3v) is 4.58. The number of ether oxygens (including phenoxy) is 1. The summed E-state index contributed by atoms with van der Waals surface area (Å²) in [4.78, 5) is 14.5. The van der Waals surface area contributed by atoms with Gasteiger partial charge in [-0.2, -0.15) is 0 Å². The Bertz CT molecular complexity index is 880. The number of aromatic amines is 1. The third kappa shape index (κ3) is 3.70. The molecule has 2 aromatic rings. The number of nitrogens with one attached hydrogen (secondary N) is 1. The lowest BCUT2D eigenvalue weighted by atomic mass is 10.1. The molecule has 0 saturated heterocycles. The molecule has 6 nitrogen and oxygen atoms in total. The van der Waals surface area contributed by atoms with Gasteiger partial charge in [-0.25, -0.2) is 8.42 Å². The molecule has 0 fully saturated rings. The lowest BCUT2D eigenvalue weighted by molar-refractivity contribution is 0.187. The Morgan fingerprint density at radius 2 is 1.91 bits per heavy atom. The van der Waals surface area contributed by atoms with Gasteiger partial charge in [0.05, 0.1) is 17.2 Å². The standard InChI is InChI=1S/C14H16N2O4S2/c1-20-8-7-16-12(9-13(17)15-14(16)21)10-3-5-11(6-4-10)22(2,18)19/h3-6,9H,7-8H2,1-2H3,(H,15,17,21). The van der Waals surface area contributed by atoms with Crippen LogP contribution in [0.3, 0.4) is 0 Å². The van der Waals surface area contributed by atoms with Gasteiger partial charge in [0, 0.05) is 26.0 Å². The second kappa shape index (κ2) is 6.55. The molecule has 2 rings (SSSR count). The molecular weight excluding hydrogens is 324 g/mol. The second-order valence-corrected chi connectivity index (χ2v) is 7.17. The number of methoxy groups -OCH3 is 1. The molecule has 1 heterocycles. The molecule has 0 aliphatic carbocycles. The second-order valence-electron chi connectivity index (χ2n) is 4.76. The lowest BCUT2D eigenvalue weighted by Crippen LogP contribution is -2.16. The molecule has 1 aromatic carbocycles. The Kier molecular flexibility index (Phi) is 4.94. The summed E-state index contributed by atoms with van der Waals surface area (Å²) >= 11 is 5.18. The topological polar surface area (TPSA) is 81.2 Å². The van der Waals surface area contributed by atoms with Crippen LogP contribution in [0.15, 0.2) is 40.0 Å². The first kappa shape index (κ1) is 16.6. The van der Waals surface area contributed by atoms with E-state index in [-0.39, 0.29) is 10.5 Å². The minimum absolute atomic E-state index is 0.225. The fraction of sp³-hybridized carbons (Fsp3) is 0.286. The van der Waals surface area contributed by atoms with Crippen LogP contribution in [-0.4, -0.2) is 37.9 Å². The van der Waals surface area contributed by atoms with Crippen LogP contribution in [0.4, 0.5) is 0 Å². The Morgan fingerprint density at radius 3 is 2.45 bits per heavy atom. The Morgan fingerprint density at radius 1 is 1.27 bits per heavy atom. The molecule has 0 saturated carbocycles. The van der Waals surface area contributed by atoms with Gasteiger partial charge in [0.2, 0.25) is 0 Å². The average Bonchev–Trinajstić information content (AvgIpc) is 2.45. The van der Waals surface area contributed by atoms with E-state index in [0.717, 1.165) is 6.26 Å². The molecule has 0 bridgehead atoms. The van der Waals surface area contributed by atoms with Gasteiger partial charge < -0.3 is 9.30 Å². The molecule has 8 heteroatoms. The lowest BCUT2D eigenvalue weighted by Gasteiger charge is -2.13. The van der Waals surface area contributed by atoms with Crippen LogP contribution in [-0.2, 0) is 21.1 Å². The summed E-state index contributed by atoms with van der Waals surface area (Å²) in [7, 11) is -1.68. The molecule has 0 atom stereocenters. The number of H-pyrrole nitrogens is 1. The van der Waals surface area contributed by atoms with Crippen molar-refractivity contribution in [1.82, 2.24) is 9.55 Å². The molecular formula is C14H16N2O4S2. The van der Waals surface area contributed by atoms with E-state index in [1.165, 1.54) is 18.2 Å². The van der Waals surface area contributed by atoms with E-state index in [4.69, 9.17) is 17.0 Å². The number of hydrogen-bond acceptors (Lipinski definition) is 5. The molecule has 0 unspecified atom stereocenters. The fourth-order valence-corrected chi connectivity index (χ4v) is 2.96. The van der Waals surface area contributed by atoms with Gasteiger partial charge in [-0.05, 0) is 29.9 Å². The highest BCUT2D eigenvalue weighted by molar-refractivity contribution is 7.90. The van der Waals surface area contributed by atoms with Crippen molar-refractivity contribution < 1.29 is 13.2 Å². The van der Waals surface area contributed by atoms with E-state index in [0.29, 0.717) is 29.2 Å². The Balaban J connectivity index is 2.56. The molecule has 22 heavy (non-hydrogen) atoms. The number of rotatable bonds is 5.